The third-order valence-electron chi connectivity index (χ3n) is 5.21. The third-order valence-corrected chi connectivity index (χ3v) is 5.98. The highest BCUT2D eigenvalue weighted by Crippen LogP contribution is 2.18. The van der Waals surface area contributed by atoms with Crippen LogP contribution in [0.1, 0.15) is 24.8 Å². The summed E-state index contributed by atoms with van der Waals surface area (Å²) in [7, 11) is 3.13. The monoisotopic (exact) mass is 448 g/mol. The van der Waals surface area contributed by atoms with Gasteiger partial charge in [-0.3, -0.25) is 14.2 Å². The Kier molecular flexibility index (Phi) is 6.39. The first-order chi connectivity index (χ1) is 13.4. The maximum absolute atomic E-state index is 12.4. The van der Waals surface area contributed by atoms with Crippen molar-refractivity contribution in [1.82, 2.24) is 14.5 Å². The first kappa shape index (κ1) is 20.4. The van der Waals surface area contributed by atoms with E-state index in [4.69, 9.17) is 0 Å². The average Bonchev–Trinajstić information content (AvgIpc) is 2.69. The number of benzene rings is 1. The molecule has 0 saturated carbocycles. The number of hydrogen-bond donors (Lipinski definition) is 1. The number of aryl methyl sites for hydroxylation is 2. The summed E-state index contributed by atoms with van der Waals surface area (Å²) in [5, 5.41) is 3.11. The van der Waals surface area contributed by atoms with E-state index in [0.717, 1.165) is 27.4 Å². The molecular formula is C20H25BrN4O3. The number of carbonyl (C=O) groups excluding carboxylic acids is 1. The van der Waals surface area contributed by atoms with Crippen molar-refractivity contribution in [2.45, 2.75) is 31.7 Å². The van der Waals surface area contributed by atoms with Gasteiger partial charge in [0.15, 0.2) is 0 Å². The maximum Gasteiger partial charge on any atom is 0.330 e. The Morgan fingerprint density at radius 2 is 1.86 bits per heavy atom. The van der Waals surface area contributed by atoms with Crippen LogP contribution in [0, 0.1) is 0 Å². The summed E-state index contributed by atoms with van der Waals surface area (Å²) in [6.45, 7) is 1.34. The number of rotatable bonds is 5. The molecule has 0 radical (unpaired) electrons. The summed E-state index contributed by atoms with van der Waals surface area (Å²) in [6.07, 6.45) is 4.28. The first-order valence-corrected chi connectivity index (χ1v) is 10.2. The van der Waals surface area contributed by atoms with Gasteiger partial charge in [0.2, 0.25) is 5.91 Å². The van der Waals surface area contributed by atoms with Crippen LogP contribution < -0.4 is 21.5 Å². The number of nitrogens with one attached hydrogen (secondary N) is 1. The van der Waals surface area contributed by atoms with Crippen LogP contribution in [0.4, 0.5) is 5.69 Å². The average molecular weight is 449 g/mol. The second-order valence-corrected chi connectivity index (χ2v) is 8.05. The van der Waals surface area contributed by atoms with Crippen LogP contribution in [0.2, 0.25) is 0 Å². The minimum absolute atomic E-state index is 0.0484. The van der Waals surface area contributed by atoms with Crippen molar-refractivity contribution in [3.05, 3.63) is 61.3 Å². The summed E-state index contributed by atoms with van der Waals surface area (Å²) in [4.78, 5) is 38.5. The van der Waals surface area contributed by atoms with Gasteiger partial charge in [0.25, 0.3) is 5.56 Å². The highest BCUT2D eigenvalue weighted by atomic mass is 79.9. The highest BCUT2D eigenvalue weighted by Gasteiger charge is 2.23. The van der Waals surface area contributed by atoms with Gasteiger partial charge in [0, 0.05) is 50.3 Å². The van der Waals surface area contributed by atoms with Crippen molar-refractivity contribution in [2.75, 3.05) is 18.0 Å². The second kappa shape index (κ2) is 8.77. The lowest BCUT2D eigenvalue weighted by Crippen LogP contribution is -2.47. The third kappa shape index (κ3) is 4.55. The van der Waals surface area contributed by atoms with Crippen LogP contribution in [-0.4, -0.2) is 34.2 Å². The molecular weight excluding hydrogens is 424 g/mol. The number of nitrogens with zero attached hydrogens (tertiary/aromatic N) is 3. The van der Waals surface area contributed by atoms with Gasteiger partial charge in [-0.05, 0) is 30.9 Å². The molecule has 8 heteroatoms. The molecule has 7 nitrogen and oxygen atoms in total. The molecule has 1 fully saturated rings. The molecule has 1 amide bonds. The molecule has 1 aliphatic rings. The van der Waals surface area contributed by atoms with Crippen molar-refractivity contribution in [3.63, 3.8) is 0 Å². The van der Waals surface area contributed by atoms with Crippen molar-refractivity contribution in [3.8, 4) is 0 Å². The largest absolute Gasteiger partial charge is 0.366 e. The van der Waals surface area contributed by atoms with Gasteiger partial charge < -0.3 is 14.8 Å². The number of halogens is 1. The fraction of sp³-hybridized carbons (Fsp3) is 0.450. The molecule has 1 saturated heterocycles. The number of anilines is 1. The summed E-state index contributed by atoms with van der Waals surface area (Å²) in [5.74, 6) is 0.0484. The molecule has 0 atom stereocenters. The normalized spacial score (nSPS) is 14.9. The fourth-order valence-electron chi connectivity index (χ4n) is 3.52. The van der Waals surface area contributed by atoms with Gasteiger partial charge in [-0.25, -0.2) is 4.79 Å². The standard InChI is InChI=1S/C20H25BrN4O3/c1-23-13-17(19(27)24(2)20(23)28)25-11-9-15(10-12-25)22-18(26)8-7-14-5-3-4-6-16(14)21/h3-6,13,15H,7-12H2,1-2H3,(H,22,26). The van der Waals surface area contributed by atoms with Crippen LogP contribution in [0.5, 0.6) is 0 Å². The Morgan fingerprint density at radius 1 is 1.18 bits per heavy atom. The lowest BCUT2D eigenvalue weighted by molar-refractivity contribution is -0.121. The molecule has 150 valence electrons. The van der Waals surface area contributed by atoms with Crippen LogP contribution in [-0.2, 0) is 25.3 Å². The predicted octanol–water partition coefficient (Wildman–Crippen LogP) is 1.56. The minimum atomic E-state index is -0.332. The summed E-state index contributed by atoms with van der Waals surface area (Å²) in [5.41, 5.74) is 1.04. The van der Waals surface area contributed by atoms with Gasteiger partial charge in [-0.2, -0.15) is 0 Å². The molecule has 1 N–H and O–H groups in total. The molecule has 1 aromatic carbocycles. The molecule has 1 aromatic heterocycles. The number of hydrogen-bond acceptors (Lipinski definition) is 4. The van der Waals surface area contributed by atoms with Gasteiger partial charge >= 0.3 is 5.69 Å². The van der Waals surface area contributed by atoms with Crippen molar-refractivity contribution in [2.24, 2.45) is 14.1 Å². The van der Waals surface area contributed by atoms with Gasteiger partial charge in [-0.1, -0.05) is 34.1 Å². The molecule has 3 rings (SSSR count). The number of carbonyl (C=O) groups is 1. The number of amides is 1. The zero-order valence-corrected chi connectivity index (χ0v) is 17.7. The lowest BCUT2D eigenvalue weighted by Gasteiger charge is -2.33. The molecule has 2 aromatic rings. The minimum Gasteiger partial charge on any atom is -0.366 e. The van der Waals surface area contributed by atoms with E-state index < -0.39 is 0 Å². The summed E-state index contributed by atoms with van der Waals surface area (Å²) >= 11 is 3.51. The smallest absolute Gasteiger partial charge is 0.330 e. The quantitative estimate of drug-likeness (QED) is 0.752. The van der Waals surface area contributed by atoms with Gasteiger partial charge in [-0.15, -0.1) is 0 Å². The van der Waals surface area contributed by atoms with E-state index >= 15 is 0 Å². The molecule has 1 aliphatic heterocycles. The fourth-order valence-corrected chi connectivity index (χ4v) is 4.00. The summed E-state index contributed by atoms with van der Waals surface area (Å²) in [6, 6.07) is 8.03. The SMILES string of the molecule is Cn1cc(N2CCC(NC(=O)CCc3ccccc3Br)CC2)c(=O)n(C)c1=O. The van der Waals surface area contributed by atoms with Crippen LogP contribution in [0.3, 0.4) is 0 Å². The van der Waals surface area contributed by atoms with E-state index in [-0.39, 0.29) is 23.2 Å². The Bertz CT molecular complexity index is 974. The van der Waals surface area contributed by atoms with Crippen LogP contribution in [0.15, 0.2) is 44.5 Å². The van der Waals surface area contributed by atoms with Gasteiger partial charge in [0.05, 0.1) is 0 Å². The topological polar surface area (TPSA) is 76.3 Å². The summed E-state index contributed by atoms with van der Waals surface area (Å²) < 4.78 is 3.58. The highest BCUT2D eigenvalue weighted by molar-refractivity contribution is 9.10. The van der Waals surface area contributed by atoms with Crippen LogP contribution in [0.25, 0.3) is 0 Å². The van der Waals surface area contributed by atoms with Gasteiger partial charge in [0.1, 0.15) is 5.69 Å². The van der Waals surface area contributed by atoms with E-state index in [0.29, 0.717) is 31.6 Å². The van der Waals surface area contributed by atoms with E-state index in [2.05, 4.69) is 21.2 Å². The maximum atomic E-state index is 12.4. The van der Waals surface area contributed by atoms with E-state index in [1.165, 1.54) is 11.6 Å². The van der Waals surface area contributed by atoms with E-state index in [1.54, 1.807) is 13.2 Å². The molecule has 0 aliphatic carbocycles. The van der Waals surface area contributed by atoms with E-state index in [9.17, 15) is 14.4 Å². The van der Waals surface area contributed by atoms with Crippen molar-refractivity contribution >= 4 is 27.5 Å². The molecule has 0 unspecified atom stereocenters. The molecule has 0 spiro atoms. The Morgan fingerprint density at radius 3 is 2.54 bits per heavy atom. The zero-order chi connectivity index (χ0) is 20.3. The van der Waals surface area contributed by atoms with Crippen molar-refractivity contribution in [1.29, 1.82) is 0 Å². The number of piperidine rings is 1. The zero-order valence-electron chi connectivity index (χ0n) is 16.2. The van der Waals surface area contributed by atoms with Crippen LogP contribution >= 0.6 is 15.9 Å². The van der Waals surface area contributed by atoms with Crippen molar-refractivity contribution < 1.29 is 4.79 Å². The number of aromatic nitrogens is 2. The molecule has 0 bridgehead atoms. The molecule has 2 heterocycles. The second-order valence-electron chi connectivity index (χ2n) is 7.19. The first-order valence-electron chi connectivity index (χ1n) is 9.41. The Labute approximate surface area is 172 Å². The predicted molar refractivity (Wildman–Crippen MR) is 113 cm³/mol. The molecule has 28 heavy (non-hydrogen) atoms. The Hall–Kier alpha value is -2.35. The van der Waals surface area contributed by atoms with E-state index in [1.807, 2.05) is 29.2 Å². The lowest BCUT2D eigenvalue weighted by atomic mass is 10.0. The Balaban J connectivity index is 1.53.